The van der Waals surface area contributed by atoms with Crippen LogP contribution in [0.5, 0.6) is 0 Å². The van der Waals surface area contributed by atoms with Gasteiger partial charge in [0.25, 0.3) is 0 Å². The average Bonchev–Trinajstić information content (AvgIpc) is 2.54. The van der Waals surface area contributed by atoms with Crippen molar-refractivity contribution in [3.05, 3.63) is 0 Å². The highest BCUT2D eigenvalue weighted by atomic mass is 16.5. The molecule has 0 aromatic rings. The Balaban J connectivity index is 2.36. The lowest BCUT2D eigenvalue weighted by molar-refractivity contribution is -0.135. The van der Waals surface area contributed by atoms with E-state index in [9.17, 15) is 9.59 Å². The number of hydrogen-bond donors (Lipinski definition) is 3. The lowest BCUT2D eigenvalue weighted by Gasteiger charge is -2.17. The first-order chi connectivity index (χ1) is 11.7. The standard InChI is InChI=1S/C15H29N3O6/c16-15(20)11-13(19)14-12-18-3-6-22-8-7-21-4-1-17-2-5-23-9-10-24-14/h14,17-18H,1-12H2,(H2,16,20). The molecule has 9 heteroatoms. The first-order valence-corrected chi connectivity index (χ1v) is 8.27. The summed E-state index contributed by atoms with van der Waals surface area (Å²) >= 11 is 0. The monoisotopic (exact) mass is 347 g/mol. The van der Waals surface area contributed by atoms with E-state index in [1.165, 1.54) is 0 Å². The number of primary amides is 1. The zero-order valence-corrected chi connectivity index (χ0v) is 14.1. The van der Waals surface area contributed by atoms with Gasteiger partial charge < -0.3 is 35.3 Å². The van der Waals surface area contributed by atoms with E-state index in [-0.39, 0.29) is 18.8 Å². The summed E-state index contributed by atoms with van der Waals surface area (Å²) in [4.78, 5) is 22.9. The molecule has 0 spiro atoms. The number of carbonyl (C=O) groups excluding carboxylic acids is 2. The van der Waals surface area contributed by atoms with Gasteiger partial charge in [0.2, 0.25) is 5.91 Å². The zero-order valence-electron chi connectivity index (χ0n) is 14.1. The average molecular weight is 347 g/mol. The fourth-order valence-corrected chi connectivity index (χ4v) is 2.02. The van der Waals surface area contributed by atoms with Gasteiger partial charge in [-0.25, -0.2) is 0 Å². The molecule has 140 valence electrons. The van der Waals surface area contributed by atoms with Crippen LogP contribution in [-0.2, 0) is 28.5 Å². The first-order valence-electron chi connectivity index (χ1n) is 8.27. The molecule has 4 N–H and O–H groups in total. The number of rotatable bonds is 3. The quantitative estimate of drug-likeness (QED) is 0.504. The Kier molecular flexibility index (Phi) is 12.4. The third kappa shape index (κ3) is 11.4. The molecule has 0 radical (unpaired) electrons. The van der Waals surface area contributed by atoms with Crippen molar-refractivity contribution >= 4 is 11.7 Å². The second kappa shape index (κ2) is 14.3. The van der Waals surface area contributed by atoms with Crippen molar-refractivity contribution in [1.82, 2.24) is 10.6 Å². The maximum atomic E-state index is 12.0. The summed E-state index contributed by atoms with van der Waals surface area (Å²) < 4.78 is 21.8. The summed E-state index contributed by atoms with van der Waals surface area (Å²) in [6.07, 6.45) is -1.05. The number of ether oxygens (including phenoxy) is 4. The molecule has 1 atom stereocenters. The normalized spacial score (nSPS) is 23.8. The number of Topliss-reactive ketones (excluding diaryl/α,β-unsaturated/α-hetero) is 1. The minimum atomic E-state index is -0.721. The molecule has 1 aliphatic rings. The highest BCUT2D eigenvalue weighted by Crippen LogP contribution is 1.98. The minimum Gasteiger partial charge on any atom is -0.378 e. The Morgan fingerprint density at radius 3 is 1.96 bits per heavy atom. The first kappa shape index (κ1) is 20.9. The summed E-state index contributed by atoms with van der Waals surface area (Å²) in [7, 11) is 0. The van der Waals surface area contributed by atoms with Crippen LogP contribution in [0.4, 0.5) is 0 Å². The molecule has 24 heavy (non-hydrogen) atoms. The Labute approximate surface area is 142 Å². The van der Waals surface area contributed by atoms with Gasteiger partial charge in [-0.3, -0.25) is 9.59 Å². The van der Waals surface area contributed by atoms with Gasteiger partial charge in [-0.1, -0.05) is 0 Å². The molecule has 0 aliphatic carbocycles. The number of nitrogens with one attached hydrogen (secondary N) is 2. The van der Waals surface area contributed by atoms with Gasteiger partial charge in [0, 0.05) is 26.2 Å². The molecule has 1 saturated heterocycles. The van der Waals surface area contributed by atoms with Gasteiger partial charge in [0.15, 0.2) is 5.78 Å². The van der Waals surface area contributed by atoms with Crippen molar-refractivity contribution in [1.29, 1.82) is 0 Å². The van der Waals surface area contributed by atoms with Crippen molar-refractivity contribution < 1.29 is 28.5 Å². The van der Waals surface area contributed by atoms with Crippen LogP contribution in [0.1, 0.15) is 6.42 Å². The zero-order chi connectivity index (χ0) is 17.5. The van der Waals surface area contributed by atoms with Crippen molar-refractivity contribution in [3.63, 3.8) is 0 Å². The fraction of sp³-hybridized carbons (Fsp3) is 0.867. The van der Waals surface area contributed by atoms with Crippen LogP contribution in [0.15, 0.2) is 0 Å². The molecule has 1 heterocycles. The van der Waals surface area contributed by atoms with Crippen LogP contribution >= 0.6 is 0 Å². The Hall–Kier alpha value is -1.10. The summed E-state index contributed by atoms with van der Waals surface area (Å²) in [6, 6.07) is 0. The van der Waals surface area contributed by atoms with Crippen molar-refractivity contribution in [2.75, 3.05) is 72.4 Å². The Morgan fingerprint density at radius 2 is 1.38 bits per heavy atom. The van der Waals surface area contributed by atoms with Gasteiger partial charge in [-0.2, -0.15) is 0 Å². The third-order valence-corrected chi connectivity index (χ3v) is 3.23. The van der Waals surface area contributed by atoms with E-state index in [2.05, 4.69) is 10.6 Å². The van der Waals surface area contributed by atoms with Crippen LogP contribution in [0.2, 0.25) is 0 Å². The van der Waals surface area contributed by atoms with Crippen LogP contribution in [0.3, 0.4) is 0 Å². The highest BCUT2D eigenvalue weighted by Gasteiger charge is 2.20. The molecule has 1 fully saturated rings. The molecule has 1 aliphatic heterocycles. The van der Waals surface area contributed by atoms with Crippen LogP contribution < -0.4 is 16.4 Å². The van der Waals surface area contributed by atoms with E-state index >= 15 is 0 Å². The number of nitrogens with two attached hydrogens (primary N) is 1. The summed E-state index contributed by atoms with van der Waals surface area (Å²) in [6.45, 7) is 5.73. The molecule has 0 saturated carbocycles. The summed E-state index contributed by atoms with van der Waals surface area (Å²) in [5, 5.41) is 6.27. The number of ketones is 1. The molecule has 9 nitrogen and oxygen atoms in total. The predicted octanol–water partition coefficient (Wildman–Crippen LogP) is -1.94. The van der Waals surface area contributed by atoms with E-state index in [0.717, 1.165) is 6.54 Å². The van der Waals surface area contributed by atoms with Crippen LogP contribution in [0.25, 0.3) is 0 Å². The van der Waals surface area contributed by atoms with E-state index < -0.39 is 12.0 Å². The molecular formula is C15H29N3O6. The maximum Gasteiger partial charge on any atom is 0.224 e. The Morgan fingerprint density at radius 1 is 0.833 bits per heavy atom. The predicted molar refractivity (Wildman–Crippen MR) is 86.8 cm³/mol. The SMILES string of the molecule is NC(=O)CC(=O)C1CNCCOCCOCCNCCOCCO1. The number of amides is 1. The van der Waals surface area contributed by atoms with Gasteiger partial charge >= 0.3 is 0 Å². The highest BCUT2D eigenvalue weighted by molar-refractivity contribution is 5.99. The molecule has 1 rings (SSSR count). The second-order valence-electron chi connectivity index (χ2n) is 5.26. The smallest absolute Gasteiger partial charge is 0.224 e. The molecule has 1 amide bonds. The van der Waals surface area contributed by atoms with Gasteiger partial charge in [-0.05, 0) is 0 Å². The number of carbonyl (C=O) groups is 2. The van der Waals surface area contributed by atoms with Gasteiger partial charge in [0.1, 0.15) is 6.10 Å². The second-order valence-corrected chi connectivity index (χ2v) is 5.26. The van der Waals surface area contributed by atoms with E-state index in [1.807, 2.05) is 0 Å². The molecule has 1 unspecified atom stereocenters. The van der Waals surface area contributed by atoms with Crippen LogP contribution in [-0.4, -0.2) is 90.2 Å². The minimum absolute atomic E-state index is 0.274. The number of hydrogen-bond acceptors (Lipinski definition) is 8. The molecule has 0 aromatic heterocycles. The van der Waals surface area contributed by atoms with Crippen molar-refractivity contribution in [2.24, 2.45) is 5.73 Å². The maximum absolute atomic E-state index is 12.0. The summed E-state index contributed by atoms with van der Waals surface area (Å²) in [5.74, 6) is -0.992. The lowest BCUT2D eigenvalue weighted by Crippen LogP contribution is -2.39. The van der Waals surface area contributed by atoms with Gasteiger partial charge in [-0.15, -0.1) is 0 Å². The van der Waals surface area contributed by atoms with E-state index in [0.29, 0.717) is 59.3 Å². The summed E-state index contributed by atoms with van der Waals surface area (Å²) in [5.41, 5.74) is 5.07. The van der Waals surface area contributed by atoms with Crippen LogP contribution in [0, 0.1) is 0 Å². The molecule has 0 bridgehead atoms. The van der Waals surface area contributed by atoms with E-state index in [4.69, 9.17) is 24.7 Å². The molecular weight excluding hydrogens is 318 g/mol. The Bertz CT molecular complexity index is 338. The van der Waals surface area contributed by atoms with Crippen molar-refractivity contribution in [2.45, 2.75) is 12.5 Å². The fourth-order valence-electron chi connectivity index (χ4n) is 2.02. The van der Waals surface area contributed by atoms with Gasteiger partial charge in [0.05, 0.1) is 52.7 Å². The molecule has 0 aromatic carbocycles. The largest absolute Gasteiger partial charge is 0.378 e. The topological polar surface area (TPSA) is 121 Å². The lowest BCUT2D eigenvalue weighted by atomic mass is 10.1. The third-order valence-electron chi connectivity index (χ3n) is 3.23. The van der Waals surface area contributed by atoms with E-state index in [1.54, 1.807) is 0 Å². The van der Waals surface area contributed by atoms with Crippen molar-refractivity contribution in [3.8, 4) is 0 Å².